The quantitative estimate of drug-likeness (QED) is 0.927. The van der Waals surface area contributed by atoms with E-state index in [0.29, 0.717) is 10.6 Å². The number of benzene rings is 1. The van der Waals surface area contributed by atoms with E-state index in [1.807, 2.05) is 7.05 Å². The molecule has 0 bridgehead atoms. The smallest absolute Gasteiger partial charge is 0.150 e. The van der Waals surface area contributed by atoms with Crippen LogP contribution in [-0.2, 0) is 0 Å². The molecule has 0 aliphatic heterocycles. The zero-order valence-corrected chi connectivity index (χ0v) is 12.5. The van der Waals surface area contributed by atoms with Crippen LogP contribution in [0.25, 0.3) is 10.6 Å². The number of nitrogens with one attached hydrogen (secondary N) is 1. The minimum Gasteiger partial charge on any atom is -0.311 e. The Kier molecular flexibility index (Phi) is 4.42. The highest BCUT2D eigenvalue weighted by atomic mass is 79.9. The van der Waals surface area contributed by atoms with Gasteiger partial charge in [0.15, 0.2) is 5.01 Å². The summed E-state index contributed by atoms with van der Waals surface area (Å²) in [4.78, 5) is 0. The number of hydrogen-bond donors (Lipinski definition) is 1. The number of hydrogen-bond acceptors (Lipinski definition) is 4. The van der Waals surface area contributed by atoms with Crippen LogP contribution in [0.3, 0.4) is 0 Å². The molecule has 1 atom stereocenters. The normalized spacial score (nSPS) is 12.7. The fourth-order valence-electron chi connectivity index (χ4n) is 1.65. The maximum Gasteiger partial charge on any atom is 0.150 e. The van der Waals surface area contributed by atoms with E-state index in [9.17, 15) is 4.39 Å². The Morgan fingerprint density at radius 1 is 1.44 bits per heavy atom. The van der Waals surface area contributed by atoms with Gasteiger partial charge in [0, 0.05) is 10.0 Å². The summed E-state index contributed by atoms with van der Waals surface area (Å²) in [6, 6.07) is 4.99. The predicted octanol–water partition coefficient (Wildman–Crippen LogP) is 3.78. The molecule has 1 N–H and O–H groups in total. The highest BCUT2D eigenvalue weighted by molar-refractivity contribution is 9.10. The molecule has 0 spiro atoms. The first kappa shape index (κ1) is 13.6. The highest BCUT2D eigenvalue weighted by Crippen LogP contribution is 2.31. The molecule has 0 aliphatic carbocycles. The van der Waals surface area contributed by atoms with Crippen LogP contribution in [0.5, 0.6) is 0 Å². The molecule has 3 nitrogen and oxygen atoms in total. The van der Waals surface area contributed by atoms with Crippen LogP contribution in [0.2, 0.25) is 0 Å². The second-order valence-corrected chi connectivity index (χ2v) is 5.74. The molecule has 18 heavy (non-hydrogen) atoms. The highest BCUT2D eigenvalue weighted by Gasteiger charge is 2.16. The van der Waals surface area contributed by atoms with Crippen molar-refractivity contribution in [3.8, 4) is 10.6 Å². The van der Waals surface area contributed by atoms with Crippen molar-refractivity contribution in [2.24, 2.45) is 0 Å². The molecular weight excluding hydrogens is 317 g/mol. The molecule has 0 amide bonds. The Morgan fingerprint density at radius 2 is 2.22 bits per heavy atom. The molecule has 2 aromatic rings. The second-order valence-electron chi connectivity index (χ2n) is 3.82. The molecule has 1 heterocycles. The molecule has 0 aliphatic rings. The van der Waals surface area contributed by atoms with E-state index in [0.717, 1.165) is 15.9 Å². The van der Waals surface area contributed by atoms with Gasteiger partial charge in [-0.15, -0.1) is 10.2 Å². The molecule has 0 saturated heterocycles. The number of halogens is 2. The van der Waals surface area contributed by atoms with Gasteiger partial charge in [-0.3, -0.25) is 0 Å². The van der Waals surface area contributed by atoms with Crippen LogP contribution in [0, 0.1) is 5.82 Å². The standard InChI is InChI=1S/C12H13BrFN3S/c1-3-10(15-2)12-17-16-11(18-12)8-6-7(13)4-5-9(8)14/h4-6,10,15H,3H2,1-2H3. The monoisotopic (exact) mass is 329 g/mol. The Morgan fingerprint density at radius 3 is 2.89 bits per heavy atom. The molecule has 1 aromatic carbocycles. The fourth-order valence-corrected chi connectivity index (χ4v) is 3.06. The van der Waals surface area contributed by atoms with Crippen molar-refractivity contribution in [2.45, 2.75) is 19.4 Å². The van der Waals surface area contributed by atoms with Gasteiger partial charge in [-0.05, 0) is 31.7 Å². The van der Waals surface area contributed by atoms with Crippen molar-refractivity contribution in [3.63, 3.8) is 0 Å². The SMILES string of the molecule is CCC(NC)c1nnc(-c2cc(Br)ccc2F)s1. The summed E-state index contributed by atoms with van der Waals surface area (Å²) >= 11 is 4.75. The number of aromatic nitrogens is 2. The molecule has 1 unspecified atom stereocenters. The maximum atomic E-state index is 13.7. The number of rotatable bonds is 4. The zero-order chi connectivity index (χ0) is 13.1. The third kappa shape index (κ3) is 2.76. The van der Waals surface area contributed by atoms with Crippen molar-refractivity contribution in [1.82, 2.24) is 15.5 Å². The van der Waals surface area contributed by atoms with Crippen LogP contribution in [0.1, 0.15) is 24.4 Å². The minimum absolute atomic E-state index is 0.173. The summed E-state index contributed by atoms with van der Waals surface area (Å²) in [5.41, 5.74) is 0.485. The first-order chi connectivity index (χ1) is 8.65. The van der Waals surface area contributed by atoms with Crippen molar-refractivity contribution in [2.75, 3.05) is 7.05 Å². The summed E-state index contributed by atoms with van der Waals surface area (Å²) in [7, 11) is 1.88. The third-order valence-electron chi connectivity index (χ3n) is 2.65. The maximum absolute atomic E-state index is 13.7. The lowest BCUT2D eigenvalue weighted by atomic mass is 10.2. The molecule has 0 saturated carbocycles. The second kappa shape index (κ2) is 5.86. The topological polar surface area (TPSA) is 37.8 Å². The van der Waals surface area contributed by atoms with Crippen molar-refractivity contribution < 1.29 is 4.39 Å². The van der Waals surface area contributed by atoms with Gasteiger partial charge < -0.3 is 5.32 Å². The van der Waals surface area contributed by atoms with Crippen LogP contribution in [0.15, 0.2) is 22.7 Å². The van der Waals surface area contributed by atoms with E-state index in [4.69, 9.17) is 0 Å². The summed E-state index contributed by atoms with van der Waals surface area (Å²) in [6.07, 6.45) is 0.923. The van der Waals surface area contributed by atoms with Gasteiger partial charge in [-0.25, -0.2) is 4.39 Å². The van der Waals surface area contributed by atoms with E-state index in [1.54, 1.807) is 12.1 Å². The molecule has 0 fully saturated rings. The van der Waals surface area contributed by atoms with Crippen LogP contribution >= 0.6 is 27.3 Å². The molecule has 6 heteroatoms. The molecule has 2 rings (SSSR count). The minimum atomic E-state index is -0.279. The van der Waals surface area contributed by atoms with E-state index in [2.05, 4.69) is 38.4 Å². The van der Waals surface area contributed by atoms with Gasteiger partial charge >= 0.3 is 0 Å². The van der Waals surface area contributed by atoms with Crippen molar-refractivity contribution in [1.29, 1.82) is 0 Å². The van der Waals surface area contributed by atoms with Crippen molar-refractivity contribution in [3.05, 3.63) is 33.5 Å². The van der Waals surface area contributed by atoms with E-state index in [-0.39, 0.29) is 11.9 Å². The largest absolute Gasteiger partial charge is 0.311 e. The Hall–Kier alpha value is -0.850. The van der Waals surface area contributed by atoms with Gasteiger partial charge in [-0.1, -0.05) is 34.2 Å². The first-order valence-electron chi connectivity index (χ1n) is 5.61. The Labute approximate surface area is 118 Å². The van der Waals surface area contributed by atoms with Gasteiger partial charge in [0.05, 0.1) is 6.04 Å². The number of nitrogens with zero attached hydrogens (tertiary/aromatic N) is 2. The van der Waals surface area contributed by atoms with E-state index in [1.165, 1.54) is 17.4 Å². The zero-order valence-electron chi connectivity index (χ0n) is 10.1. The third-order valence-corrected chi connectivity index (χ3v) is 4.22. The van der Waals surface area contributed by atoms with Crippen LogP contribution < -0.4 is 5.32 Å². The lowest BCUT2D eigenvalue weighted by molar-refractivity contribution is 0.568. The van der Waals surface area contributed by atoms with E-state index >= 15 is 0 Å². The summed E-state index contributed by atoms with van der Waals surface area (Å²) in [6.45, 7) is 2.07. The average Bonchev–Trinajstić information content (AvgIpc) is 2.83. The summed E-state index contributed by atoms with van der Waals surface area (Å²) < 4.78 is 14.6. The van der Waals surface area contributed by atoms with Gasteiger partial charge in [0.2, 0.25) is 0 Å². The fraction of sp³-hybridized carbons (Fsp3) is 0.333. The summed E-state index contributed by atoms with van der Waals surface area (Å²) in [5.74, 6) is -0.279. The van der Waals surface area contributed by atoms with Crippen molar-refractivity contribution >= 4 is 27.3 Å². The van der Waals surface area contributed by atoms with Gasteiger partial charge in [-0.2, -0.15) is 0 Å². The molecular formula is C12H13BrFN3S. The average molecular weight is 330 g/mol. The van der Waals surface area contributed by atoms with E-state index < -0.39 is 0 Å². The molecule has 96 valence electrons. The lowest BCUT2D eigenvalue weighted by Gasteiger charge is -2.08. The van der Waals surface area contributed by atoms with Crippen LogP contribution in [-0.4, -0.2) is 17.2 Å². The predicted molar refractivity (Wildman–Crippen MR) is 75.1 cm³/mol. The first-order valence-corrected chi connectivity index (χ1v) is 7.22. The molecule has 1 aromatic heterocycles. The van der Waals surface area contributed by atoms with Gasteiger partial charge in [0.25, 0.3) is 0 Å². The molecule has 0 radical (unpaired) electrons. The van der Waals surface area contributed by atoms with Crippen LogP contribution in [0.4, 0.5) is 4.39 Å². The lowest BCUT2D eigenvalue weighted by Crippen LogP contribution is -2.14. The Balaban J connectivity index is 2.37. The summed E-state index contributed by atoms with van der Waals surface area (Å²) in [5, 5.41) is 12.9. The van der Waals surface area contributed by atoms with Gasteiger partial charge in [0.1, 0.15) is 10.8 Å². The Bertz CT molecular complexity index is 540.